The molecule has 0 amide bonds. The van der Waals surface area contributed by atoms with Crippen molar-refractivity contribution in [2.45, 2.75) is 46.0 Å². The molecule has 0 aromatic rings. The van der Waals surface area contributed by atoms with Gasteiger partial charge >= 0.3 is 0 Å². The van der Waals surface area contributed by atoms with Crippen molar-refractivity contribution in [3.05, 3.63) is 11.8 Å². The van der Waals surface area contributed by atoms with Gasteiger partial charge in [0.1, 0.15) is 0 Å². The Hall–Kier alpha value is -0.110. The van der Waals surface area contributed by atoms with Crippen molar-refractivity contribution in [2.75, 3.05) is 18.1 Å². The van der Waals surface area contributed by atoms with Gasteiger partial charge in [-0.15, -0.1) is 0 Å². The second-order valence-electron chi connectivity index (χ2n) is 4.64. The zero-order valence-electron chi connectivity index (χ0n) is 10.1. The van der Waals surface area contributed by atoms with Crippen LogP contribution in [0.2, 0.25) is 0 Å². The van der Waals surface area contributed by atoms with Gasteiger partial charge in [-0.25, -0.2) is 0 Å². The van der Waals surface area contributed by atoms with Gasteiger partial charge in [0.05, 0.1) is 12.9 Å². The molecule has 1 unspecified atom stereocenters. The van der Waals surface area contributed by atoms with Crippen LogP contribution >= 0.6 is 11.8 Å². The average molecular weight is 228 g/mol. The Morgan fingerprint density at radius 2 is 2.27 bits per heavy atom. The summed E-state index contributed by atoms with van der Waals surface area (Å²) in [5, 5.41) is 0. The minimum absolute atomic E-state index is 0.895. The first kappa shape index (κ1) is 13.0. The fraction of sp³-hybridized carbons (Fsp3) is 0.846. The maximum atomic E-state index is 5.45. The Morgan fingerprint density at radius 1 is 1.40 bits per heavy atom. The summed E-state index contributed by atoms with van der Waals surface area (Å²) in [6.07, 6.45) is 8.75. The van der Waals surface area contributed by atoms with E-state index in [1.807, 2.05) is 6.26 Å². The van der Waals surface area contributed by atoms with Gasteiger partial charge in [0.15, 0.2) is 0 Å². The fourth-order valence-electron chi connectivity index (χ4n) is 1.88. The molecule has 1 saturated heterocycles. The predicted molar refractivity (Wildman–Crippen MR) is 69.3 cm³/mol. The third kappa shape index (κ3) is 6.88. The number of rotatable bonds is 5. The molecule has 0 aromatic carbocycles. The van der Waals surface area contributed by atoms with Gasteiger partial charge in [-0.3, -0.25) is 0 Å². The van der Waals surface area contributed by atoms with Gasteiger partial charge in [-0.1, -0.05) is 6.42 Å². The summed E-state index contributed by atoms with van der Waals surface area (Å²) in [4.78, 5) is 0. The first-order chi connectivity index (χ1) is 7.29. The van der Waals surface area contributed by atoms with E-state index < -0.39 is 0 Å². The van der Waals surface area contributed by atoms with Crippen LogP contribution < -0.4 is 0 Å². The lowest BCUT2D eigenvalue weighted by Gasteiger charge is -2.12. The Balaban J connectivity index is 2.01. The van der Waals surface area contributed by atoms with E-state index in [2.05, 4.69) is 25.6 Å². The molecule has 1 heterocycles. The number of thioether (sulfide) groups is 1. The highest BCUT2D eigenvalue weighted by atomic mass is 32.2. The molecule has 1 nitrogen and oxygen atoms in total. The lowest BCUT2D eigenvalue weighted by molar-refractivity contribution is 0.231. The van der Waals surface area contributed by atoms with Crippen LogP contribution in [0, 0.1) is 5.92 Å². The zero-order valence-corrected chi connectivity index (χ0v) is 10.9. The highest BCUT2D eigenvalue weighted by molar-refractivity contribution is 7.99. The van der Waals surface area contributed by atoms with Crippen LogP contribution in [0.4, 0.5) is 0 Å². The van der Waals surface area contributed by atoms with E-state index in [-0.39, 0.29) is 0 Å². The quantitative estimate of drug-likeness (QED) is 0.514. The standard InChI is InChI=1S/C13H24OS/c1-12(2)10-14-8-5-7-13-6-3-4-9-15-11-13/h10,13H,3-9,11H2,1-2H3. The molecule has 0 saturated carbocycles. The third-order valence-electron chi connectivity index (χ3n) is 2.70. The number of ether oxygens (including phenoxy) is 1. The summed E-state index contributed by atoms with van der Waals surface area (Å²) in [5.41, 5.74) is 1.25. The van der Waals surface area contributed by atoms with Crippen LogP contribution in [0.25, 0.3) is 0 Å². The lowest BCUT2D eigenvalue weighted by Crippen LogP contribution is -2.03. The summed E-state index contributed by atoms with van der Waals surface area (Å²) in [7, 11) is 0. The van der Waals surface area contributed by atoms with Gasteiger partial charge < -0.3 is 4.74 Å². The molecule has 1 rings (SSSR count). The SMILES string of the molecule is CC(C)=COCCCC1CCCCSC1. The summed E-state index contributed by atoms with van der Waals surface area (Å²) >= 11 is 2.14. The third-order valence-corrected chi connectivity index (χ3v) is 3.98. The van der Waals surface area contributed by atoms with Crippen LogP contribution in [-0.4, -0.2) is 18.1 Å². The molecule has 0 bridgehead atoms. The molecular formula is C13H24OS. The highest BCUT2D eigenvalue weighted by Gasteiger charge is 2.11. The van der Waals surface area contributed by atoms with E-state index in [9.17, 15) is 0 Å². The molecule has 88 valence electrons. The monoisotopic (exact) mass is 228 g/mol. The maximum absolute atomic E-state index is 5.45. The van der Waals surface area contributed by atoms with E-state index in [0.717, 1.165) is 12.5 Å². The van der Waals surface area contributed by atoms with Crippen LogP contribution in [0.1, 0.15) is 46.0 Å². The Kier molecular flexibility index (Phi) is 6.99. The smallest absolute Gasteiger partial charge is 0.0873 e. The molecule has 15 heavy (non-hydrogen) atoms. The van der Waals surface area contributed by atoms with E-state index in [0.29, 0.717) is 0 Å². The summed E-state index contributed by atoms with van der Waals surface area (Å²) in [6, 6.07) is 0. The van der Waals surface area contributed by atoms with Gasteiger partial charge in [0, 0.05) is 0 Å². The number of allylic oxidation sites excluding steroid dienone is 1. The van der Waals surface area contributed by atoms with Gasteiger partial charge in [0.25, 0.3) is 0 Å². The van der Waals surface area contributed by atoms with Crippen LogP contribution in [-0.2, 0) is 4.74 Å². The predicted octanol–water partition coefficient (Wildman–Crippen LogP) is 4.24. The van der Waals surface area contributed by atoms with Crippen molar-refractivity contribution in [3.63, 3.8) is 0 Å². The molecular weight excluding hydrogens is 204 g/mol. The fourth-order valence-corrected chi connectivity index (χ4v) is 3.12. The average Bonchev–Trinajstić information content (AvgIpc) is 2.45. The number of hydrogen-bond donors (Lipinski definition) is 0. The van der Waals surface area contributed by atoms with Gasteiger partial charge in [-0.05, 0) is 62.5 Å². The molecule has 1 fully saturated rings. The molecule has 0 N–H and O–H groups in total. The van der Waals surface area contributed by atoms with Crippen molar-refractivity contribution in [1.82, 2.24) is 0 Å². The maximum Gasteiger partial charge on any atom is 0.0873 e. The van der Waals surface area contributed by atoms with Gasteiger partial charge in [-0.2, -0.15) is 11.8 Å². The molecule has 2 heteroatoms. The second kappa shape index (κ2) is 8.09. The number of hydrogen-bond acceptors (Lipinski definition) is 2. The molecule has 0 spiro atoms. The molecule has 1 aliphatic heterocycles. The largest absolute Gasteiger partial charge is 0.501 e. The van der Waals surface area contributed by atoms with E-state index >= 15 is 0 Å². The van der Waals surface area contributed by atoms with E-state index in [4.69, 9.17) is 4.74 Å². The van der Waals surface area contributed by atoms with Crippen LogP contribution in [0.15, 0.2) is 11.8 Å². The van der Waals surface area contributed by atoms with Crippen molar-refractivity contribution in [1.29, 1.82) is 0 Å². The minimum atomic E-state index is 0.895. The van der Waals surface area contributed by atoms with Crippen molar-refractivity contribution in [2.24, 2.45) is 5.92 Å². The Bertz CT molecular complexity index is 177. The van der Waals surface area contributed by atoms with E-state index in [1.165, 1.54) is 49.2 Å². The lowest BCUT2D eigenvalue weighted by atomic mass is 9.99. The zero-order chi connectivity index (χ0) is 10.9. The first-order valence-electron chi connectivity index (χ1n) is 6.12. The Labute approximate surface area is 98.7 Å². The topological polar surface area (TPSA) is 9.23 Å². The summed E-state index contributed by atoms with van der Waals surface area (Å²) in [6.45, 7) is 5.04. The molecule has 1 atom stereocenters. The van der Waals surface area contributed by atoms with Crippen LogP contribution in [0.3, 0.4) is 0 Å². The molecule has 0 aromatic heterocycles. The van der Waals surface area contributed by atoms with Crippen LogP contribution in [0.5, 0.6) is 0 Å². The van der Waals surface area contributed by atoms with E-state index in [1.54, 1.807) is 0 Å². The Morgan fingerprint density at radius 3 is 3.07 bits per heavy atom. The highest BCUT2D eigenvalue weighted by Crippen LogP contribution is 2.25. The first-order valence-corrected chi connectivity index (χ1v) is 7.27. The molecule has 0 aliphatic carbocycles. The minimum Gasteiger partial charge on any atom is -0.501 e. The summed E-state index contributed by atoms with van der Waals surface area (Å²) in [5.74, 6) is 3.71. The van der Waals surface area contributed by atoms with Gasteiger partial charge in [0.2, 0.25) is 0 Å². The van der Waals surface area contributed by atoms with Crippen molar-refractivity contribution >= 4 is 11.8 Å². The second-order valence-corrected chi connectivity index (χ2v) is 5.79. The summed E-state index contributed by atoms with van der Waals surface area (Å²) < 4.78 is 5.45. The van der Waals surface area contributed by atoms with Crippen molar-refractivity contribution in [3.8, 4) is 0 Å². The molecule has 0 radical (unpaired) electrons. The normalized spacial score (nSPS) is 21.9. The van der Waals surface area contributed by atoms with Crippen molar-refractivity contribution < 1.29 is 4.74 Å². The molecule has 1 aliphatic rings.